The first-order valence-electron chi connectivity index (χ1n) is 16.6. The van der Waals surface area contributed by atoms with Crippen LogP contribution in [0, 0.1) is 11.8 Å². The van der Waals surface area contributed by atoms with E-state index in [-0.39, 0.29) is 6.67 Å². The molecule has 0 radical (unpaired) electrons. The minimum Gasteiger partial charge on any atom is -0.343 e. The molecule has 2 heterocycles. The molecule has 1 saturated heterocycles. The van der Waals surface area contributed by atoms with Gasteiger partial charge in [0.25, 0.3) is 5.91 Å². The lowest BCUT2D eigenvalue weighted by atomic mass is 9.83. The number of alkyl halides is 6. The number of benzene rings is 2. The van der Waals surface area contributed by atoms with E-state index in [1.165, 1.54) is 11.9 Å². The number of benzodiazepines with no additional fused rings is 1. The number of piperidine rings is 1. The molecule has 0 spiro atoms. The number of nitrogens with zero attached hydrogens (tertiary/aromatic N) is 4. The molecule has 3 atom stereocenters. The van der Waals surface area contributed by atoms with Crippen molar-refractivity contribution < 1.29 is 40.7 Å². The quantitative estimate of drug-likeness (QED) is 0.274. The zero-order valence-corrected chi connectivity index (χ0v) is 28.4. The fourth-order valence-electron chi connectivity index (χ4n) is 6.47. The third-order valence-corrected chi connectivity index (χ3v) is 9.31. The average Bonchev–Trinajstić information content (AvgIpc) is 3.16. The minimum atomic E-state index is -4.69. The molecule has 0 aliphatic carbocycles. The Labute approximate surface area is 288 Å². The van der Waals surface area contributed by atoms with Gasteiger partial charge in [0, 0.05) is 62.0 Å². The van der Waals surface area contributed by atoms with E-state index in [1.807, 2.05) is 19.0 Å². The van der Waals surface area contributed by atoms with Gasteiger partial charge in [-0.15, -0.1) is 0 Å². The fraction of sp³-hybridized carbons (Fsp3) is 0.543. The van der Waals surface area contributed by atoms with Gasteiger partial charge in [-0.1, -0.05) is 48.5 Å². The Morgan fingerprint density at radius 3 is 2.10 bits per heavy atom. The van der Waals surface area contributed by atoms with Crippen molar-refractivity contribution in [1.82, 2.24) is 20.4 Å². The number of hydrogen-bond donors (Lipinski definition) is 2. The normalized spacial score (nSPS) is 19.0. The molecule has 2 N–H and O–H groups in total. The van der Waals surface area contributed by atoms with Gasteiger partial charge < -0.3 is 20.4 Å². The van der Waals surface area contributed by atoms with Crippen molar-refractivity contribution in [3.05, 3.63) is 65.7 Å². The zero-order chi connectivity index (χ0) is 36.6. The summed E-state index contributed by atoms with van der Waals surface area (Å²) < 4.78 is 80.2. The molecule has 3 amide bonds. The van der Waals surface area contributed by atoms with Crippen LogP contribution in [-0.2, 0) is 14.4 Å². The summed E-state index contributed by atoms with van der Waals surface area (Å²) >= 11 is 0. The Balaban J connectivity index is 1.63. The van der Waals surface area contributed by atoms with Crippen molar-refractivity contribution in [1.29, 1.82) is 0 Å². The summed E-state index contributed by atoms with van der Waals surface area (Å²) in [5.41, 5.74) is 2.02. The van der Waals surface area contributed by atoms with Crippen LogP contribution in [0.2, 0.25) is 0 Å². The summed E-state index contributed by atoms with van der Waals surface area (Å²) in [6, 6.07) is 16.1. The molecule has 0 saturated carbocycles. The van der Waals surface area contributed by atoms with Crippen LogP contribution in [0.15, 0.2) is 59.6 Å². The summed E-state index contributed by atoms with van der Waals surface area (Å²) in [5, 5.41) is 5.15. The van der Waals surface area contributed by atoms with Crippen molar-refractivity contribution >= 4 is 29.1 Å². The predicted molar refractivity (Wildman–Crippen MR) is 177 cm³/mol. The fourth-order valence-corrected chi connectivity index (χ4v) is 6.47. The molecule has 2 aromatic carbocycles. The molecular weight excluding hydrogens is 666 g/mol. The van der Waals surface area contributed by atoms with Gasteiger partial charge in [-0.2, -0.15) is 26.3 Å². The van der Waals surface area contributed by atoms with Crippen molar-refractivity contribution in [2.45, 2.75) is 69.5 Å². The Bertz CT molecular complexity index is 1490. The number of halogens is 6. The van der Waals surface area contributed by atoms with E-state index in [0.717, 1.165) is 12.8 Å². The van der Waals surface area contributed by atoms with E-state index in [2.05, 4.69) is 20.5 Å². The monoisotopic (exact) mass is 710 g/mol. The standard InChI is InChI=1S/C35H44F6N6O3/c1-45(2)24-16-20-47(21-17-24)22-42-31(48)26(15-19-35(39,40)41)25(13-9-18-34(36,37)38)32(49)44-30-33(50)46(3)28-14-8-7-12-27(28)29(43-30)23-10-5-4-6-11-23/h4-8,10-12,14,24-26,30H,9,13,15-22H2,1-3H3,(H,42,48)(H,44,49)/t25-,26+,30-/m1/s1. The van der Waals surface area contributed by atoms with Crippen molar-refractivity contribution in [2.75, 3.05) is 45.8 Å². The van der Waals surface area contributed by atoms with Crippen LogP contribution in [0.4, 0.5) is 32.0 Å². The third kappa shape index (κ3) is 10.8. The molecule has 15 heteroatoms. The highest BCUT2D eigenvalue weighted by Gasteiger charge is 2.40. The zero-order valence-electron chi connectivity index (χ0n) is 28.4. The van der Waals surface area contributed by atoms with Crippen LogP contribution in [0.1, 0.15) is 56.1 Å². The SMILES string of the molecule is CN1C(=O)[C@@H](NC(=O)[C@H](CCCC(F)(F)F)[C@H](CCC(F)(F)F)C(=O)NCN2CCC(N(C)C)CC2)N=C(c2ccccc2)c2ccccc21. The molecule has 2 aromatic rings. The summed E-state index contributed by atoms with van der Waals surface area (Å²) in [4.78, 5) is 51.2. The van der Waals surface area contributed by atoms with Gasteiger partial charge in [0.05, 0.1) is 18.1 Å². The van der Waals surface area contributed by atoms with Crippen LogP contribution in [0.5, 0.6) is 0 Å². The van der Waals surface area contributed by atoms with Crippen LogP contribution >= 0.6 is 0 Å². The number of likely N-dealkylation sites (N-methyl/N-ethyl adjacent to an activating group) is 1. The smallest absolute Gasteiger partial charge is 0.343 e. The number of fused-ring (bicyclic) bond motifs is 1. The van der Waals surface area contributed by atoms with Crippen molar-refractivity contribution in [3.63, 3.8) is 0 Å². The molecule has 9 nitrogen and oxygen atoms in total. The highest BCUT2D eigenvalue weighted by molar-refractivity contribution is 6.20. The van der Waals surface area contributed by atoms with Crippen LogP contribution < -0.4 is 15.5 Å². The highest BCUT2D eigenvalue weighted by Crippen LogP contribution is 2.33. The van der Waals surface area contributed by atoms with Crippen LogP contribution in [-0.4, -0.2) is 98.7 Å². The van der Waals surface area contributed by atoms with E-state index in [9.17, 15) is 40.7 Å². The molecule has 1 fully saturated rings. The number of carbonyl (C=O) groups is 3. The maximum atomic E-state index is 14.0. The minimum absolute atomic E-state index is 0.00723. The van der Waals surface area contributed by atoms with E-state index < -0.39 is 80.2 Å². The van der Waals surface area contributed by atoms with Gasteiger partial charge in [0.1, 0.15) is 0 Å². The summed E-state index contributed by atoms with van der Waals surface area (Å²) in [6.45, 7) is 1.24. The molecule has 0 aromatic heterocycles. The summed E-state index contributed by atoms with van der Waals surface area (Å²) in [5.74, 6) is -5.82. The number of amides is 3. The molecule has 2 aliphatic rings. The maximum Gasteiger partial charge on any atom is 0.389 e. The van der Waals surface area contributed by atoms with Gasteiger partial charge in [-0.3, -0.25) is 19.3 Å². The second kappa shape index (κ2) is 16.8. The number of anilines is 1. The van der Waals surface area contributed by atoms with E-state index >= 15 is 0 Å². The number of rotatable bonds is 13. The van der Waals surface area contributed by atoms with Crippen molar-refractivity contribution in [3.8, 4) is 0 Å². The molecular formula is C35H44F6N6O3. The molecule has 2 aliphatic heterocycles. The van der Waals surface area contributed by atoms with Crippen LogP contribution in [0.3, 0.4) is 0 Å². The number of aliphatic imine (C=N–C) groups is 1. The third-order valence-electron chi connectivity index (χ3n) is 9.31. The van der Waals surface area contributed by atoms with Gasteiger partial charge in [-0.25, -0.2) is 4.99 Å². The highest BCUT2D eigenvalue weighted by atomic mass is 19.4. The second-order valence-corrected chi connectivity index (χ2v) is 13.1. The first-order chi connectivity index (χ1) is 23.5. The van der Waals surface area contributed by atoms with Gasteiger partial charge in [0.15, 0.2) is 0 Å². The van der Waals surface area contributed by atoms with Gasteiger partial charge in [-0.05, 0) is 52.3 Å². The Hall–Kier alpha value is -3.98. The lowest BCUT2D eigenvalue weighted by Crippen LogP contribution is -2.51. The molecule has 274 valence electrons. The maximum absolute atomic E-state index is 14.0. The lowest BCUT2D eigenvalue weighted by molar-refractivity contribution is -0.148. The van der Waals surface area contributed by atoms with E-state index in [1.54, 1.807) is 54.6 Å². The Kier molecular flexibility index (Phi) is 13.1. The lowest BCUT2D eigenvalue weighted by Gasteiger charge is -2.35. The molecule has 50 heavy (non-hydrogen) atoms. The average molecular weight is 711 g/mol. The molecule has 4 rings (SSSR count). The first-order valence-corrected chi connectivity index (χ1v) is 16.6. The largest absolute Gasteiger partial charge is 0.389 e. The number of para-hydroxylation sites is 1. The number of nitrogens with one attached hydrogen (secondary N) is 2. The summed E-state index contributed by atoms with van der Waals surface area (Å²) in [6.07, 6.45) is -14.0. The van der Waals surface area contributed by atoms with E-state index in [0.29, 0.717) is 41.7 Å². The Morgan fingerprint density at radius 1 is 0.880 bits per heavy atom. The van der Waals surface area contributed by atoms with Crippen molar-refractivity contribution in [2.24, 2.45) is 16.8 Å². The second-order valence-electron chi connectivity index (χ2n) is 13.1. The van der Waals surface area contributed by atoms with Crippen LogP contribution in [0.25, 0.3) is 0 Å². The van der Waals surface area contributed by atoms with E-state index in [4.69, 9.17) is 0 Å². The Morgan fingerprint density at radius 2 is 1.48 bits per heavy atom. The van der Waals surface area contributed by atoms with Gasteiger partial charge in [0.2, 0.25) is 18.0 Å². The number of likely N-dealkylation sites (tertiary alicyclic amines) is 1. The number of carbonyl (C=O) groups excluding carboxylic acids is 3. The molecule has 0 bridgehead atoms. The predicted octanol–water partition coefficient (Wildman–Crippen LogP) is 5.35. The molecule has 0 unspecified atom stereocenters. The topological polar surface area (TPSA) is 97.3 Å². The number of hydrogen-bond acceptors (Lipinski definition) is 6. The van der Waals surface area contributed by atoms with Gasteiger partial charge >= 0.3 is 12.4 Å². The summed E-state index contributed by atoms with van der Waals surface area (Å²) in [7, 11) is 5.40. The first kappa shape index (κ1) is 38.8.